The summed E-state index contributed by atoms with van der Waals surface area (Å²) in [5.41, 5.74) is 0.835. The fourth-order valence-electron chi connectivity index (χ4n) is 5.63. The van der Waals surface area contributed by atoms with Crippen molar-refractivity contribution in [2.75, 3.05) is 26.2 Å². The van der Waals surface area contributed by atoms with E-state index in [4.69, 9.17) is 0 Å². The molecule has 170 valence electrons. The first-order chi connectivity index (χ1) is 15.4. The number of rotatable bonds is 4. The summed E-state index contributed by atoms with van der Waals surface area (Å²) in [6.45, 7) is 3.67. The Bertz CT molecular complexity index is 979. The first-order valence-electron chi connectivity index (χ1n) is 11.4. The minimum Gasteiger partial charge on any atom is -0.388 e. The Morgan fingerprint density at radius 3 is 2.53 bits per heavy atom. The third-order valence-electron chi connectivity index (χ3n) is 7.46. The highest BCUT2D eigenvalue weighted by atomic mass is 16.3. The number of fused-ring (bicyclic) bond motifs is 1. The fourth-order valence-corrected chi connectivity index (χ4v) is 5.63. The van der Waals surface area contributed by atoms with Gasteiger partial charge >= 0.3 is 0 Å². The van der Waals surface area contributed by atoms with E-state index in [1.54, 1.807) is 12.1 Å². The number of β-amino-alcohol motifs (C(OH)–C–C–N with tert-alkyl or cyclic N) is 1. The molecule has 0 aliphatic carbocycles. The van der Waals surface area contributed by atoms with Gasteiger partial charge in [-0.2, -0.15) is 0 Å². The molecule has 0 bridgehead atoms. The molecular formula is C23H28N4O5. The van der Waals surface area contributed by atoms with Crippen LogP contribution in [-0.4, -0.2) is 76.4 Å². The number of amides is 4. The highest BCUT2D eigenvalue weighted by Gasteiger charge is 2.46. The topological polar surface area (TPSA) is 119 Å². The first-order valence-corrected chi connectivity index (χ1v) is 11.4. The van der Waals surface area contributed by atoms with Crippen LogP contribution in [-0.2, 0) is 16.1 Å². The van der Waals surface area contributed by atoms with Crippen LogP contribution in [0.5, 0.6) is 0 Å². The molecule has 32 heavy (non-hydrogen) atoms. The molecule has 4 aliphatic rings. The number of likely N-dealkylation sites (tertiary alicyclic amines) is 1. The van der Waals surface area contributed by atoms with Gasteiger partial charge in [0.25, 0.3) is 11.8 Å². The Hall–Kier alpha value is -2.62. The number of aliphatic hydroxyl groups is 1. The number of nitrogens with zero attached hydrogens (tertiary/aromatic N) is 2. The molecule has 0 radical (unpaired) electrons. The molecule has 9 heteroatoms. The third kappa shape index (κ3) is 3.54. The average molecular weight is 441 g/mol. The standard InChI is InChI=1S/C23H28N4O5/c28-18-5-4-17(20(29)25-18)27-21(30)16-3-1-2-14(19(16)22(27)31)12-26-10-6-15(7-11-26)23(32)8-9-24-13-23/h1-3,15,17,24,32H,4-13H2,(H,25,28,29). The number of piperidine rings is 2. The number of hydrogen-bond donors (Lipinski definition) is 3. The van der Waals surface area contributed by atoms with Crippen molar-refractivity contribution >= 4 is 23.6 Å². The molecule has 1 aromatic rings. The minimum absolute atomic E-state index is 0.105. The van der Waals surface area contributed by atoms with Crippen LogP contribution < -0.4 is 10.6 Å². The predicted molar refractivity (Wildman–Crippen MR) is 114 cm³/mol. The molecule has 4 heterocycles. The molecule has 1 aromatic carbocycles. The molecular weight excluding hydrogens is 412 g/mol. The average Bonchev–Trinajstić information content (AvgIpc) is 3.32. The van der Waals surface area contributed by atoms with Crippen LogP contribution in [0, 0.1) is 5.92 Å². The van der Waals surface area contributed by atoms with Crippen molar-refractivity contribution in [3.8, 4) is 0 Å². The van der Waals surface area contributed by atoms with Crippen LogP contribution in [0.3, 0.4) is 0 Å². The van der Waals surface area contributed by atoms with E-state index < -0.39 is 29.4 Å². The summed E-state index contributed by atoms with van der Waals surface area (Å²) in [5.74, 6) is -1.66. The van der Waals surface area contributed by atoms with Gasteiger partial charge in [-0.3, -0.25) is 34.3 Å². The monoisotopic (exact) mass is 440 g/mol. The van der Waals surface area contributed by atoms with Crippen molar-refractivity contribution in [2.24, 2.45) is 5.92 Å². The van der Waals surface area contributed by atoms with Gasteiger partial charge < -0.3 is 10.4 Å². The Morgan fingerprint density at radius 1 is 1.06 bits per heavy atom. The van der Waals surface area contributed by atoms with E-state index >= 15 is 0 Å². The second-order valence-electron chi connectivity index (χ2n) is 9.37. The van der Waals surface area contributed by atoms with Gasteiger partial charge in [-0.15, -0.1) is 0 Å². The van der Waals surface area contributed by atoms with E-state index in [0.29, 0.717) is 24.2 Å². The van der Waals surface area contributed by atoms with Gasteiger partial charge in [-0.1, -0.05) is 12.1 Å². The van der Waals surface area contributed by atoms with Crippen molar-refractivity contribution in [2.45, 2.75) is 50.3 Å². The van der Waals surface area contributed by atoms with Gasteiger partial charge in [-0.25, -0.2) is 0 Å². The lowest BCUT2D eigenvalue weighted by molar-refractivity contribution is -0.136. The molecule has 9 nitrogen and oxygen atoms in total. The number of benzene rings is 1. The van der Waals surface area contributed by atoms with Crippen LogP contribution >= 0.6 is 0 Å². The van der Waals surface area contributed by atoms with Crippen molar-refractivity contribution in [1.29, 1.82) is 0 Å². The summed E-state index contributed by atoms with van der Waals surface area (Å²) in [7, 11) is 0. The zero-order chi connectivity index (χ0) is 22.5. The summed E-state index contributed by atoms with van der Waals surface area (Å²) in [6.07, 6.45) is 2.83. The first kappa shape index (κ1) is 21.2. The lowest BCUT2D eigenvalue weighted by Crippen LogP contribution is -2.54. The zero-order valence-corrected chi connectivity index (χ0v) is 17.9. The quantitative estimate of drug-likeness (QED) is 0.565. The summed E-state index contributed by atoms with van der Waals surface area (Å²) in [4.78, 5) is 53.3. The number of carbonyl (C=O) groups excluding carboxylic acids is 4. The molecule has 3 saturated heterocycles. The Kier molecular flexibility index (Phi) is 5.35. The van der Waals surface area contributed by atoms with Gasteiger partial charge in [0.05, 0.1) is 16.7 Å². The Morgan fingerprint density at radius 2 is 1.84 bits per heavy atom. The van der Waals surface area contributed by atoms with Crippen LogP contribution in [0.25, 0.3) is 0 Å². The van der Waals surface area contributed by atoms with Crippen LogP contribution in [0.1, 0.15) is 58.4 Å². The zero-order valence-electron chi connectivity index (χ0n) is 17.9. The SMILES string of the molecule is O=C1CCC(N2C(=O)c3cccc(CN4CCC(C5(O)CCNC5)CC4)c3C2=O)C(=O)N1. The molecule has 4 amide bonds. The second kappa shape index (κ2) is 8.06. The fraction of sp³-hybridized carbons (Fsp3) is 0.565. The molecule has 4 aliphatic heterocycles. The van der Waals surface area contributed by atoms with Crippen molar-refractivity contribution in [3.05, 3.63) is 34.9 Å². The molecule has 0 spiro atoms. The minimum atomic E-state index is -0.954. The van der Waals surface area contributed by atoms with Crippen LogP contribution in [0.15, 0.2) is 18.2 Å². The third-order valence-corrected chi connectivity index (χ3v) is 7.46. The highest BCUT2D eigenvalue weighted by molar-refractivity contribution is 6.24. The molecule has 2 unspecified atom stereocenters. The van der Waals surface area contributed by atoms with Crippen molar-refractivity contribution < 1.29 is 24.3 Å². The molecule has 5 rings (SSSR count). The van der Waals surface area contributed by atoms with Crippen molar-refractivity contribution in [3.63, 3.8) is 0 Å². The van der Waals surface area contributed by atoms with Gasteiger partial charge in [-0.05, 0) is 62.9 Å². The van der Waals surface area contributed by atoms with Gasteiger partial charge in [0, 0.05) is 19.5 Å². The number of nitrogens with one attached hydrogen (secondary N) is 2. The van der Waals surface area contributed by atoms with E-state index in [2.05, 4.69) is 15.5 Å². The van der Waals surface area contributed by atoms with Crippen LogP contribution in [0.2, 0.25) is 0 Å². The largest absolute Gasteiger partial charge is 0.388 e. The maximum Gasteiger partial charge on any atom is 0.262 e. The molecule has 0 saturated carbocycles. The smallest absolute Gasteiger partial charge is 0.262 e. The van der Waals surface area contributed by atoms with Gasteiger partial charge in [0.1, 0.15) is 6.04 Å². The van der Waals surface area contributed by atoms with Gasteiger partial charge in [0.15, 0.2) is 0 Å². The van der Waals surface area contributed by atoms with Gasteiger partial charge in [0.2, 0.25) is 11.8 Å². The molecule has 0 aromatic heterocycles. The molecule has 3 N–H and O–H groups in total. The number of imide groups is 2. The second-order valence-corrected chi connectivity index (χ2v) is 9.37. The maximum absolute atomic E-state index is 13.2. The normalized spacial score (nSPS) is 29.5. The lowest BCUT2D eigenvalue weighted by Gasteiger charge is -2.39. The summed E-state index contributed by atoms with van der Waals surface area (Å²) in [5, 5.41) is 16.3. The Labute approximate surface area is 186 Å². The summed E-state index contributed by atoms with van der Waals surface area (Å²) < 4.78 is 0. The summed E-state index contributed by atoms with van der Waals surface area (Å²) in [6, 6.07) is 4.30. The number of carbonyl (C=O) groups is 4. The van der Waals surface area contributed by atoms with E-state index in [1.165, 1.54) is 0 Å². The predicted octanol–water partition coefficient (Wildman–Crippen LogP) is 0.0242. The lowest BCUT2D eigenvalue weighted by atomic mass is 9.80. The summed E-state index contributed by atoms with van der Waals surface area (Å²) >= 11 is 0. The highest BCUT2D eigenvalue weighted by Crippen LogP contribution is 2.34. The van der Waals surface area contributed by atoms with E-state index in [9.17, 15) is 24.3 Å². The Balaban J connectivity index is 1.31. The number of hydrogen-bond acceptors (Lipinski definition) is 7. The van der Waals surface area contributed by atoms with E-state index in [1.807, 2.05) is 6.07 Å². The molecule has 3 fully saturated rings. The molecule has 2 atom stereocenters. The van der Waals surface area contributed by atoms with Crippen LogP contribution in [0.4, 0.5) is 0 Å². The van der Waals surface area contributed by atoms with E-state index in [-0.39, 0.29) is 24.7 Å². The maximum atomic E-state index is 13.2. The van der Waals surface area contributed by atoms with Crippen molar-refractivity contribution in [1.82, 2.24) is 20.4 Å². The van der Waals surface area contributed by atoms with E-state index in [0.717, 1.165) is 49.4 Å².